The van der Waals surface area contributed by atoms with Crippen molar-refractivity contribution in [3.8, 4) is 0 Å². The van der Waals surface area contributed by atoms with Gasteiger partial charge < -0.3 is 10.0 Å². The molecular formula is C14H14F5NO2. The van der Waals surface area contributed by atoms with E-state index in [2.05, 4.69) is 0 Å². The first-order valence-corrected chi connectivity index (χ1v) is 6.70. The fourth-order valence-corrected chi connectivity index (χ4v) is 2.52. The molecule has 1 N–H and O–H groups in total. The van der Waals surface area contributed by atoms with Crippen molar-refractivity contribution in [1.82, 2.24) is 4.90 Å². The number of aliphatic hydroxyl groups is 1. The molecule has 1 unspecified atom stereocenters. The standard InChI is InChI=1S/C14H14F5NO2/c15-10-3-1-2-9(11(10)16)13(22)20-6-4-8(5-7-20)12(21)14(17,18)19/h1-3,8,12,21H,4-7H2. The molecule has 22 heavy (non-hydrogen) atoms. The molecule has 1 aliphatic rings. The first kappa shape index (κ1) is 16.7. The molecule has 1 aromatic rings. The Bertz CT molecular complexity index is 553. The molecule has 1 aromatic carbocycles. The highest BCUT2D eigenvalue weighted by atomic mass is 19.4. The van der Waals surface area contributed by atoms with Crippen LogP contribution in [0.1, 0.15) is 23.2 Å². The van der Waals surface area contributed by atoms with E-state index in [1.807, 2.05) is 0 Å². The number of aliphatic hydroxyl groups excluding tert-OH is 1. The summed E-state index contributed by atoms with van der Waals surface area (Å²) in [5, 5.41) is 9.19. The number of hydrogen-bond donors (Lipinski definition) is 1. The Hall–Kier alpha value is -1.70. The van der Waals surface area contributed by atoms with E-state index < -0.39 is 41.3 Å². The summed E-state index contributed by atoms with van der Waals surface area (Å²) in [6.07, 6.45) is -7.24. The van der Waals surface area contributed by atoms with Gasteiger partial charge in [-0.1, -0.05) is 6.07 Å². The van der Waals surface area contributed by atoms with Gasteiger partial charge in [0.05, 0.1) is 5.56 Å². The van der Waals surface area contributed by atoms with Gasteiger partial charge in [0.1, 0.15) is 0 Å². The Morgan fingerprint density at radius 3 is 2.36 bits per heavy atom. The Kier molecular flexibility index (Phi) is 4.69. The molecular weight excluding hydrogens is 309 g/mol. The number of amides is 1. The summed E-state index contributed by atoms with van der Waals surface area (Å²) in [7, 11) is 0. The topological polar surface area (TPSA) is 40.5 Å². The number of hydrogen-bond acceptors (Lipinski definition) is 2. The van der Waals surface area contributed by atoms with Gasteiger partial charge in [0.2, 0.25) is 0 Å². The molecule has 0 bridgehead atoms. The summed E-state index contributed by atoms with van der Waals surface area (Å²) in [4.78, 5) is 13.2. The largest absolute Gasteiger partial charge is 0.414 e. The van der Waals surface area contributed by atoms with E-state index in [0.717, 1.165) is 17.0 Å². The summed E-state index contributed by atoms with van der Waals surface area (Å²) in [6.45, 7) is -0.0980. The second-order valence-corrected chi connectivity index (χ2v) is 5.22. The van der Waals surface area contributed by atoms with Gasteiger partial charge in [-0.15, -0.1) is 0 Å². The molecule has 1 saturated heterocycles. The molecule has 1 amide bonds. The lowest BCUT2D eigenvalue weighted by Crippen LogP contribution is -2.45. The van der Waals surface area contributed by atoms with Crippen LogP contribution in [-0.2, 0) is 0 Å². The van der Waals surface area contributed by atoms with Crippen molar-refractivity contribution in [2.75, 3.05) is 13.1 Å². The lowest BCUT2D eigenvalue weighted by molar-refractivity contribution is -0.222. The van der Waals surface area contributed by atoms with Crippen LogP contribution in [0, 0.1) is 17.6 Å². The highest BCUT2D eigenvalue weighted by molar-refractivity contribution is 5.94. The fraction of sp³-hybridized carbons (Fsp3) is 0.500. The van der Waals surface area contributed by atoms with Gasteiger partial charge in [0.15, 0.2) is 17.7 Å². The minimum atomic E-state index is -4.70. The molecule has 0 spiro atoms. The summed E-state index contributed by atoms with van der Waals surface area (Å²) in [5.41, 5.74) is -0.449. The normalized spacial score (nSPS) is 18.4. The van der Waals surface area contributed by atoms with E-state index in [9.17, 15) is 31.9 Å². The minimum Gasteiger partial charge on any atom is -0.383 e. The number of carbonyl (C=O) groups is 1. The molecule has 1 aliphatic heterocycles. The zero-order valence-electron chi connectivity index (χ0n) is 11.4. The second kappa shape index (κ2) is 6.20. The molecule has 2 rings (SSSR count). The average Bonchev–Trinajstić information content (AvgIpc) is 2.48. The number of piperidine rings is 1. The van der Waals surface area contributed by atoms with Gasteiger partial charge in [-0.3, -0.25) is 4.79 Å². The Labute approximate surface area is 123 Å². The average molecular weight is 323 g/mol. The molecule has 3 nitrogen and oxygen atoms in total. The smallest absolute Gasteiger partial charge is 0.383 e. The zero-order chi connectivity index (χ0) is 16.5. The van der Waals surface area contributed by atoms with Crippen LogP contribution in [0.5, 0.6) is 0 Å². The van der Waals surface area contributed by atoms with Crippen molar-refractivity contribution in [2.45, 2.75) is 25.1 Å². The van der Waals surface area contributed by atoms with Gasteiger partial charge in [0, 0.05) is 13.1 Å². The highest BCUT2D eigenvalue weighted by Crippen LogP contribution is 2.32. The van der Waals surface area contributed by atoms with Gasteiger partial charge in [-0.2, -0.15) is 13.2 Å². The maximum atomic E-state index is 13.6. The zero-order valence-corrected chi connectivity index (χ0v) is 11.4. The quantitative estimate of drug-likeness (QED) is 0.850. The van der Waals surface area contributed by atoms with E-state index in [1.54, 1.807) is 0 Å². The third kappa shape index (κ3) is 3.37. The van der Waals surface area contributed by atoms with E-state index in [-0.39, 0.29) is 25.9 Å². The van der Waals surface area contributed by atoms with Gasteiger partial charge in [-0.05, 0) is 30.9 Å². The van der Waals surface area contributed by atoms with Crippen molar-refractivity contribution in [3.05, 3.63) is 35.4 Å². The van der Waals surface area contributed by atoms with Crippen molar-refractivity contribution in [3.63, 3.8) is 0 Å². The number of carbonyl (C=O) groups excluding carboxylic acids is 1. The number of rotatable bonds is 2. The fourth-order valence-electron chi connectivity index (χ4n) is 2.52. The van der Waals surface area contributed by atoms with Crippen LogP contribution >= 0.6 is 0 Å². The van der Waals surface area contributed by atoms with E-state index in [1.165, 1.54) is 6.07 Å². The van der Waals surface area contributed by atoms with E-state index in [0.29, 0.717) is 0 Å². The third-order valence-electron chi connectivity index (χ3n) is 3.79. The maximum Gasteiger partial charge on any atom is 0.414 e. The number of nitrogens with zero attached hydrogens (tertiary/aromatic N) is 1. The summed E-state index contributed by atoms with van der Waals surface area (Å²) < 4.78 is 63.9. The highest BCUT2D eigenvalue weighted by Gasteiger charge is 2.44. The summed E-state index contributed by atoms with van der Waals surface area (Å²) in [6, 6.07) is 3.18. The molecule has 0 saturated carbocycles. The molecule has 0 radical (unpaired) electrons. The van der Waals surface area contributed by atoms with Gasteiger partial charge in [-0.25, -0.2) is 8.78 Å². The molecule has 1 heterocycles. The second-order valence-electron chi connectivity index (χ2n) is 5.22. The molecule has 0 aromatic heterocycles. The van der Waals surface area contributed by atoms with Crippen LogP contribution in [0.25, 0.3) is 0 Å². The first-order valence-electron chi connectivity index (χ1n) is 6.70. The Morgan fingerprint density at radius 2 is 1.82 bits per heavy atom. The predicted molar refractivity (Wildman–Crippen MR) is 67.0 cm³/mol. The lowest BCUT2D eigenvalue weighted by atomic mass is 9.90. The molecule has 1 fully saturated rings. The number of halogens is 5. The van der Waals surface area contributed by atoms with Crippen molar-refractivity contribution >= 4 is 5.91 Å². The number of alkyl halides is 3. The van der Waals surface area contributed by atoms with Crippen molar-refractivity contribution < 1.29 is 31.9 Å². The summed E-state index contributed by atoms with van der Waals surface area (Å²) in [5.74, 6) is -4.20. The molecule has 1 atom stereocenters. The predicted octanol–water partition coefficient (Wildman–Crippen LogP) is 2.74. The van der Waals surface area contributed by atoms with E-state index >= 15 is 0 Å². The van der Waals surface area contributed by atoms with Crippen molar-refractivity contribution in [2.24, 2.45) is 5.92 Å². The van der Waals surface area contributed by atoms with Gasteiger partial charge >= 0.3 is 6.18 Å². The van der Waals surface area contributed by atoms with Crippen molar-refractivity contribution in [1.29, 1.82) is 0 Å². The SMILES string of the molecule is O=C(c1cccc(F)c1F)N1CCC(C(O)C(F)(F)F)CC1. The van der Waals surface area contributed by atoms with Crippen LogP contribution in [-0.4, -0.2) is 41.3 Å². The summed E-state index contributed by atoms with van der Waals surface area (Å²) >= 11 is 0. The molecule has 8 heteroatoms. The monoisotopic (exact) mass is 323 g/mol. The molecule has 122 valence electrons. The Morgan fingerprint density at radius 1 is 1.23 bits per heavy atom. The first-order chi connectivity index (χ1) is 10.2. The van der Waals surface area contributed by atoms with Crippen LogP contribution < -0.4 is 0 Å². The van der Waals surface area contributed by atoms with Crippen LogP contribution in [0.3, 0.4) is 0 Å². The van der Waals surface area contributed by atoms with Gasteiger partial charge in [0.25, 0.3) is 5.91 Å². The number of likely N-dealkylation sites (tertiary alicyclic amines) is 1. The van der Waals surface area contributed by atoms with Crippen LogP contribution in [0.4, 0.5) is 22.0 Å². The maximum absolute atomic E-state index is 13.6. The Balaban J connectivity index is 2.03. The third-order valence-corrected chi connectivity index (χ3v) is 3.79. The lowest BCUT2D eigenvalue weighted by Gasteiger charge is -2.34. The molecule has 0 aliphatic carbocycles. The van der Waals surface area contributed by atoms with E-state index in [4.69, 9.17) is 0 Å². The number of benzene rings is 1. The van der Waals surface area contributed by atoms with Crippen LogP contribution in [0.2, 0.25) is 0 Å². The minimum absolute atomic E-state index is 0.0490. The van der Waals surface area contributed by atoms with Crippen LogP contribution in [0.15, 0.2) is 18.2 Å².